The van der Waals surface area contributed by atoms with Gasteiger partial charge in [-0.15, -0.1) is 0 Å². The minimum absolute atomic E-state index is 0.0386. The van der Waals surface area contributed by atoms with Gasteiger partial charge in [0.1, 0.15) is 17.3 Å². The minimum atomic E-state index is -3.96. The normalized spacial score (nSPS) is 10.9. The van der Waals surface area contributed by atoms with Crippen LogP contribution in [0.1, 0.15) is 0 Å². The molecular formula is C11H13FN2O5S. The first-order chi connectivity index (χ1) is 9.23. The Morgan fingerprint density at radius 1 is 1.35 bits per heavy atom. The molecule has 0 heterocycles. The highest BCUT2D eigenvalue weighted by atomic mass is 32.2. The summed E-state index contributed by atoms with van der Waals surface area (Å²) in [4.78, 5) is 22.4. The predicted molar refractivity (Wildman–Crippen MR) is 70.1 cm³/mol. The summed E-state index contributed by atoms with van der Waals surface area (Å²) in [6.45, 7) is 0. The van der Waals surface area contributed by atoms with Crippen molar-refractivity contribution in [3.63, 3.8) is 0 Å². The standard InChI is InChI=1S/C11H13FN2O5S/c1-19-11(16)6-20(17,18)5-10(15)14-9-4-7(12)2-3-8(9)13/h2-4H,5-6,13H2,1H3,(H,14,15). The van der Waals surface area contributed by atoms with Crippen molar-refractivity contribution in [2.45, 2.75) is 0 Å². The third-order valence-electron chi connectivity index (χ3n) is 2.21. The summed E-state index contributed by atoms with van der Waals surface area (Å²) in [5.41, 5.74) is 5.55. The van der Waals surface area contributed by atoms with Crippen molar-refractivity contribution < 1.29 is 27.1 Å². The second kappa shape index (κ2) is 6.33. The number of ether oxygens (including phenoxy) is 1. The summed E-state index contributed by atoms with van der Waals surface area (Å²) >= 11 is 0. The third kappa shape index (κ3) is 4.84. The number of nitrogen functional groups attached to an aromatic ring is 1. The van der Waals surface area contributed by atoms with Crippen LogP contribution >= 0.6 is 0 Å². The molecule has 0 unspecified atom stereocenters. The van der Waals surface area contributed by atoms with Crippen molar-refractivity contribution in [3.8, 4) is 0 Å². The maximum Gasteiger partial charge on any atom is 0.320 e. The highest BCUT2D eigenvalue weighted by Crippen LogP contribution is 2.19. The molecule has 1 rings (SSSR count). The predicted octanol–water partition coefficient (Wildman–Crippen LogP) is -0.0658. The van der Waals surface area contributed by atoms with E-state index in [4.69, 9.17) is 5.73 Å². The zero-order chi connectivity index (χ0) is 15.3. The number of amides is 1. The summed E-state index contributed by atoms with van der Waals surface area (Å²) in [6.07, 6.45) is 0. The number of anilines is 2. The molecule has 0 atom stereocenters. The van der Waals surface area contributed by atoms with Crippen LogP contribution in [-0.2, 0) is 24.2 Å². The maximum absolute atomic E-state index is 13.0. The fourth-order valence-electron chi connectivity index (χ4n) is 1.31. The molecule has 1 amide bonds. The van der Waals surface area contributed by atoms with Gasteiger partial charge < -0.3 is 15.8 Å². The molecule has 0 aliphatic rings. The number of carbonyl (C=O) groups is 2. The summed E-state index contributed by atoms with van der Waals surface area (Å²) < 4.78 is 40.1. The molecule has 20 heavy (non-hydrogen) atoms. The van der Waals surface area contributed by atoms with Crippen LogP contribution in [0.3, 0.4) is 0 Å². The number of carbonyl (C=O) groups excluding carboxylic acids is 2. The fourth-order valence-corrected chi connectivity index (χ4v) is 2.36. The highest BCUT2D eigenvalue weighted by molar-refractivity contribution is 7.92. The van der Waals surface area contributed by atoms with Crippen LogP contribution < -0.4 is 11.1 Å². The molecule has 7 nitrogen and oxygen atoms in total. The molecule has 9 heteroatoms. The lowest BCUT2D eigenvalue weighted by molar-refractivity contribution is -0.137. The van der Waals surface area contributed by atoms with E-state index in [1.54, 1.807) is 0 Å². The van der Waals surface area contributed by atoms with Gasteiger partial charge in [-0.05, 0) is 18.2 Å². The Labute approximate surface area is 114 Å². The quantitative estimate of drug-likeness (QED) is 0.581. The van der Waals surface area contributed by atoms with Gasteiger partial charge in [0.2, 0.25) is 5.91 Å². The van der Waals surface area contributed by atoms with E-state index in [9.17, 15) is 22.4 Å². The lowest BCUT2D eigenvalue weighted by atomic mass is 10.2. The van der Waals surface area contributed by atoms with Gasteiger partial charge in [0.25, 0.3) is 0 Å². The van der Waals surface area contributed by atoms with E-state index in [1.165, 1.54) is 6.07 Å². The van der Waals surface area contributed by atoms with Crippen molar-refractivity contribution in [1.82, 2.24) is 0 Å². The number of nitrogens with one attached hydrogen (secondary N) is 1. The summed E-state index contributed by atoms with van der Waals surface area (Å²) in [6, 6.07) is 3.28. The summed E-state index contributed by atoms with van der Waals surface area (Å²) in [5.74, 6) is -4.37. The van der Waals surface area contributed by atoms with Crippen LogP contribution in [0.5, 0.6) is 0 Å². The smallest absolute Gasteiger partial charge is 0.320 e. The Hall–Kier alpha value is -2.16. The second-order valence-electron chi connectivity index (χ2n) is 3.89. The van der Waals surface area contributed by atoms with Crippen molar-refractivity contribution in [3.05, 3.63) is 24.0 Å². The Morgan fingerprint density at radius 3 is 2.60 bits per heavy atom. The number of methoxy groups -OCH3 is 1. The molecule has 1 aromatic rings. The number of benzene rings is 1. The Kier molecular flexibility index (Phi) is 5.03. The number of esters is 1. The molecule has 110 valence electrons. The van der Waals surface area contributed by atoms with Gasteiger partial charge in [0.05, 0.1) is 18.5 Å². The minimum Gasteiger partial charge on any atom is -0.468 e. The number of hydrogen-bond donors (Lipinski definition) is 2. The van der Waals surface area contributed by atoms with E-state index >= 15 is 0 Å². The molecule has 0 radical (unpaired) electrons. The molecule has 0 aromatic heterocycles. The lowest BCUT2D eigenvalue weighted by Crippen LogP contribution is -2.28. The SMILES string of the molecule is COC(=O)CS(=O)(=O)CC(=O)Nc1cc(F)ccc1N. The number of halogens is 1. The van der Waals surface area contributed by atoms with Gasteiger partial charge in [0, 0.05) is 0 Å². The molecule has 0 aliphatic carbocycles. The molecular weight excluding hydrogens is 291 g/mol. The largest absolute Gasteiger partial charge is 0.468 e. The van der Waals surface area contributed by atoms with Crippen LogP contribution in [0.2, 0.25) is 0 Å². The van der Waals surface area contributed by atoms with Gasteiger partial charge >= 0.3 is 5.97 Å². The van der Waals surface area contributed by atoms with Crippen molar-refractivity contribution in [2.75, 3.05) is 29.7 Å². The van der Waals surface area contributed by atoms with Crippen LogP contribution in [0.4, 0.5) is 15.8 Å². The van der Waals surface area contributed by atoms with Gasteiger partial charge in [-0.25, -0.2) is 12.8 Å². The molecule has 0 saturated heterocycles. The topological polar surface area (TPSA) is 116 Å². The number of hydrogen-bond acceptors (Lipinski definition) is 6. The molecule has 0 bridgehead atoms. The zero-order valence-corrected chi connectivity index (χ0v) is 11.4. The fraction of sp³-hybridized carbons (Fsp3) is 0.273. The van der Waals surface area contributed by atoms with Crippen LogP contribution in [0.15, 0.2) is 18.2 Å². The van der Waals surface area contributed by atoms with E-state index in [0.29, 0.717) is 0 Å². The van der Waals surface area contributed by atoms with E-state index in [0.717, 1.165) is 19.2 Å². The molecule has 0 fully saturated rings. The number of sulfone groups is 1. The highest BCUT2D eigenvalue weighted by Gasteiger charge is 2.21. The Bertz CT molecular complexity index is 630. The molecule has 0 spiro atoms. The van der Waals surface area contributed by atoms with Crippen LogP contribution in [0.25, 0.3) is 0 Å². The maximum atomic E-state index is 13.0. The van der Waals surface area contributed by atoms with Gasteiger partial charge in [-0.3, -0.25) is 9.59 Å². The first kappa shape index (κ1) is 15.9. The number of rotatable bonds is 5. The van der Waals surface area contributed by atoms with E-state index in [1.807, 2.05) is 0 Å². The lowest BCUT2D eigenvalue weighted by Gasteiger charge is -2.08. The van der Waals surface area contributed by atoms with Gasteiger partial charge in [-0.2, -0.15) is 0 Å². The zero-order valence-electron chi connectivity index (χ0n) is 10.6. The van der Waals surface area contributed by atoms with Crippen molar-refractivity contribution in [2.24, 2.45) is 0 Å². The van der Waals surface area contributed by atoms with E-state index < -0.39 is 39.0 Å². The summed E-state index contributed by atoms with van der Waals surface area (Å²) in [7, 11) is -2.92. The molecule has 0 aliphatic heterocycles. The average Bonchev–Trinajstić information content (AvgIpc) is 2.32. The molecule has 0 saturated carbocycles. The summed E-state index contributed by atoms with van der Waals surface area (Å²) in [5, 5.41) is 2.16. The van der Waals surface area contributed by atoms with Crippen LogP contribution in [-0.4, -0.2) is 38.9 Å². The van der Waals surface area contributed by atoms with E-state index in [-0.39, 0.29) is 11.4 Å². The third-order valence-corrected chi connectivity index (χ3v) is 3.58. The first-order valence-electron chi connectivity index (χ1n) is 5.35. The van der Waals surface area contributed by atoms with E-state index in [2.05, 4.69) is 10.1 Å². The average molecular weight is 304 g/mol. The van der Waals surface area contributed by atoms with Gasteiger partial charge in [-0.1, -0.05) is 0 Å². The first-order valence-corrected chi connectivity index (χ1v) is 7.18. The van der Waals surface area contributed by atoms with Crippen LogP contribution in [0, 0.1) is 5.82 Å². The molecule has 1 aromatic carbocycles. The monoisotopic (exact) mass is 304 g/mol. The van der Waals surface area contributed by atoms with Crippen molar-refractivity contribution in [1.29, 1.82) is 0 Å². The molecule has 3 N–H and O–H groups in total. The Morgan fingerprint density at radius 2 is 2.00 bits per heavy atom. The number of nitrogens with two attached hydrogens (primary N) is 1. The Balaban J connectivity index is 2.73. The van der Waals surface area contributed by atoms with Crippen molar-refractivity contribution >= 4 is 33.1 Å². The second-order valence-corrected chi connectivity index (χ2v) is 5.95. The van der Waals surface area contributed by atoms with Gasteiger partial charge in [0.15, 0.2) is 9.84 Å².